The molecule has 1 aromatic heterocycles. The summed E-state index contributed by atoms with van der Waals surface area (Å²) in [4.78, 5) is 36.8. The van der Waals surface area contributed by atoms with E-state index in [0.29, 0.717) is 0 Å². The van der Waals surface area contributed by atoms with Crippen LogP contribution < -0.4 is 17.0 Å². The van der Waals surface area contributed by atoms with Crippen molar-refractivity contribution in [3.05, 3.63) is 27.0 Å². The fourth-order valence-electron chi connectivity index (χ4n) is 1.43. The van der Waals surface area contributed by atoms with Gasteiger partial charge in [0, 0.05) is 26.3 Å². The zero-order chi connectivity index (χ0) is 14.0. The highest BCUT2D eigenvalue weighted by Gasteiger charge is 2.16. The number of carbonyl (C=O) groups is 1. The quantitative estimate of drug-likeness (QED) is 0.748. The van der Waals surface area contributed by atoms with Crippen LogP contribution in [0.4, 0.5) is 5.69 Å². The van der Waals surface area contributed by atoms with Gasteiger partial charge in [-0.3, -0.25) is 9.59 Å². The molecule has 0 bridgehead atoms. The summed E-state index contributed by atoms with van der Waals surface area (Å²) in [7, 11) is 3.10. The lowest BCUT2D eigenvalue weighted by Crippen LogP contribution is -2.45. The number of nitrogen functional groups attached to an aromatic ring is 1. The Morgan fingerprint density at radius 3 is 2.50 bits per heavy atom. The molecule has 0 aliphatic carbocycles. The molecule has 2 N–H and O–H groups in total. The van der Waals surface area contributed by atoms with Gasteiger partial charge in [0.25, 0.3) is 5.56 Å². The summed E-state index contributed by atoms with van der Waals surface area (Å²) in [5.74, 6) is -0.310. The van der Waals surface area contributed by atoms with Gasteiger partial charge in [-0.2, -0.15) is 0 Å². The Morgan fingerprint density at radius 1 is 1.44 bits per heavy atom. The highest BCUT2D eigenvalue weighted by atomic mass is 16.2. The molecule has 0 aromatic carbocycles. The van der Waals surface area contributed by atoms with Crippen molar-refractivity contribution < 1.29 is 4.79 Å². The maximum absolute atomic E-state index is 11.9. The summed E-state index contributed by atoms with van der Waals surface area (Å²) in [6.45, 7) is 3.39. The highest BCUT2D eigenvalue weighted by Crippen LogP contribution is 1.96. The van der Waals surface area contributed by atoms with Crippen LogP contribution in [0.15, 0.2) is 15.8 Å². The van der Waals surface area contributed by atoms with E-state index in [2.05, 4.69) is 0 Å². The Morgan fingerprint density at radius 2 is 2.00 bits per heavy atom. The predicted octanol–water partition coefficient (Wildman–Crippen LogP) is -1.00. The fraction of sp³-hybridized carbons (Fsp3) is 0.545. The molecule has 1 aromatic rings. The van der Waals surface area contributed by atoms with E-state index in [-0.39, 0.29) is 24.2 Å². The fourth-order valence-corrected chi connectivity index (χ4v) is 1.43. The SMILES string of the molecule is CC(C)N(C)C(=O)Cn1c(=O)c(N)cn(C)c1=O. The molecular weight excluding hydrogens is 236 g/mol. The monoisotopic (exact) mass is 254 g/mol. The maximum atomic E-state index is 11.9. The zero-order valence-electron chi connectivity index (χ0n) is 11.0. The molecule has 0 fully saturated rings. The summed E-state index contributed by atoms with van der Waals surface area (Å²) in [5, 5.41) is 0. The Balaban J connectivity index is 3.17. The normalized spacial score (nSPS) is 10.7. The Bertz CT molecular complexity index is 536. The summed E-state index contributed by atoms with van der Waals surface area (Å²) >= 11 is 0. The Labute approximate surface area is 104 Å². The number of aromatic nitrogens is 2. The van der Waals surface area contributed by atoms with Gasteiger partial charge in [-0.25, -0.2) is 9.36 Å². The summed E-state index contributed by atoms with van der Waals surface area (Å²) < 4.78 is 2.02. The molecule has 1 heterocycles. The van der Waals surface area contributed by atoms with Crippen molar-refractivity contribution in [3.8, 4) is 0 Å². The minimum absolute atomic E-state index is 0.00175. The standard InChI is InChI=1S/C11H18N4O3/c1-7(2)14(4)9(16)6-15-10(17)8(12)5-13(3)11(15)18/h5,7H,6,12H2,1-4H3. The average Bonchev–Trinajstić information content (AvgIpc) is 2.30. The molecule has 0 aliphatic heterocycles. The molecule has 0 saturated carbocycles. The number of rotatable bonds is 3. The van der Waals surface area contributed by atoms with E-state index in [1.54, 1.807) is 7.05 Å². The van der Waals surface area contributed by atoms with Gasteiger partial charge in [0.15, 0.2) is 0 Å². The smallest absolute Gasteiger partial charge is 0.331 e. The van der Waals surface area contributed by atoms with Crippen LogP contribution in [-0.4, -0.2) is 33.0 Å². The number of aryl methyl sites for hydroxylation is 1. The first-order valence-corrected chi connectivity index (χ1v) is 5.57. The molecule has 0 unspecified atom stereocenters. The van der Waals surface area contributed by atoms with Crippen LogP contribution in [0.5, 0.6) is 0 Å². The van der Waals surface area contributed by atoms with Crippen LogP contribution in [-0.2, 0) is 18.4 Å². The maximum Gasteiger partial charge on any atom is 0.331 e. The van der Waals surface area contributed by atoms with Gasteiger partial charge >= 0.3 is 5.69 Å². The molecule has 0 aliphatic rings. The van der Waals surface area contributed by atoms with E-state index in [1.807, 2.05) is 13.8 Å². The summed E-state index contributed by atoms with van der Waals surface area (Å²) in [5.41, 5.74) is 4.23. The van der Waals surface area contributed by atoms with Crippen molar-refractivity contribution >= 4 is 11.6 Å². The van der Waals surface area contributed by atoms with Crippen molar-refractivity contribution in [1.29, 1.82) is 0 Å². The zero-order valence-corrected chi connectivity index (χ0v) is 11.0. The topological polar surface area (TPSA) is 90.3 Å². The first kappa shape index (κ1) is 14.0. The largest absolute Gasteiger partial charge is 0.393 e. The van der Waals surface area contributed by atoms with E-state index in [4.69, 9.17) is 5.73 Å². The van der Waals surface area contributed by atoms with Crippen LogP contribution in [0, 0.1) is 0 Å². The first-order valence-electron chi connectivity index (χ1n) is 5.57. The number of hydrogen-bond acceptors (Lipinski definition) is 4. The van der Waals surface area contributed by atoms with Crippen LogP contribution in [0.2, 0.25) is 0 Å². The van der Waals surface area contributed by atoms with Crippen molar-refractivity contribution in [1.82, 2.24) is 14.0 Å². The number of nitrogens with zero attached hydrogens (tertiary/aromatic N) is 3. The Kier molecular flexibility index (Phi) is 3.95. The predicted molar refractivity (Wildman–Crippen MR) is 68.3 cm³/mol. The number of likely N-dealkylation sites (N-methyl/N-ethyl adjacent to an activating group) is 1. The molecule has 1 amide bonds. The van der Waals surface area contributed by atoms with Crippen molar-refractivity contribution in [3.63, 3.8) is 0 Å². The second-order valence-electron chi connectivity index (χ2n) is 4.47. The number of nitrogens with two attached hydrogens (primary N) is 1. The summed E-state index contributed by atoms with van der Waals surface area (Å²) in [6, 6.07) is -0.00175. The third-order valence-electron chi connectivity index (χ3n) is 2.82. The number of anilines is 1. The third-order valence-corrected chi connectivity index (χ3v) is 2.82. The summed E-state index contributed by atoms with van der Waals surface area (Å²) in [6.07, 6.45) is 1.25. The van der Waals surface area contributed by atoms with Gasteiger partial charge < -0.3 is 15.2 Å². The minimum atomic E-state index is -0.636. The van der Waals surface area contributed by atoms with Gasteiger partial charge in [0.2, 0.25) is 5.91 Å². The van der Waals surface area contributed by atoms with E-state index in [0.717, 1.165) is 4.57 Å². The van der Waals surface area contributed by atoms with Crippen LogP contribution in [0.1, 0.15) is 13.8 Å². The van der Waals surface area contributed by atoms with Gasteiger partial charge in [-0.1, -0.05) is 0 Å². The lowest BCUT2D eigenvalue weighted by Gasteiger charge is -2.21. The molecular formula is C11H18N4O3. The average molecular weight is 254 g/mol. The number of carbonyl (C=O) groups excluding carboxylic acids is 1. The van der Waals surface area contributed by atoms with Gasteiger partial charge in [0.05, 0.1) is 0 Å². The van der Waals surface area contributed by atoms with Crippen molar-refractivity contribution in [2.24, 2.45) is 7.05 Å². The molecule has 0 atom stereocenters. The molecule has 0 spiro atoms. The van der Waals surface area contributed by atoms with Crippen LogP contribution in [0.25, 0.3) is 0 Å². The van der Waals surface area contributed by atoms with E-state index in [9.17, 15) is 14.4 Å². The molecule has 1 rings (SSSR count). The van der Waals surface area contributed by atoms with Gasteiger partial charge in [0.1, 0.15) is 12.2 Å². The molecule has 18 heavy (non-hydrogen) atoms. The Hall–Kier alpha value is -2.05. The second kappa shape index (κ2) is 5.07. The second-order valence-corrected chi connectivity index (χ2v) is 4.47. The van der Waals surface area contributed by atoms with E-state index in [1.165, 1.54) is 22.7 Å². The highest BCUT2D eigenvalue weighted by molar-refractivity contribution is 5.76. The lowest BCUT2D eigenvalue weighted by atomic mass is 10.3. The molecule has 7 nitrogen and oxygen atoms in total. The molecule has 100 valence electrons. The van der Waals surface area contributed by atoms with Crippen LogP contribution in [0.3, 0.4) is 0 Å². The van der Waals surface area contributed by atoms with E-state index >= 15 is 0 Å². The minimum Gasteiger partial charge on any atom is -0.393 e. The molecule has 0 radical (unpaired) electrons. The van der Waals surface area contributed by atoms with Crippen LogP contribution >= 0.6 is 0 Å². The van der Waals surface area contributed by atoms with Gasteiger partial charge in [-0.05, 0) is 13.8 Å². The lowest BCUT2D eigenvalue weighted by molar-refractivity contribution is -0.132. The third kappa shape index (κ3) is 2.61. The van der Waals surface area contributed by atoms with Crippen molar-refractivity contribution in [2.45, 2.75) is 26.4 Å². The van der Waals surface area contributed by atoms with Crippen molar-refractivity contribution in [2.75, 3.05) is 12.8 Å². The molecule has 0 saturated heterocycles. The van der Waals surface area contributed by atoms with Gasteiger partial charge in [-0.15, -0.1) is 0 Å². The first-order chi connectivity index (χ1) is 8.25. The van der Waals surface area contributed by atoms with E-state index < -0.39 is 11.2 Å². The number of amides is 1. The number of hydrogen-bond donors (Lipinski definition) is 1. The molecule has 7 heteroatoms.